The molecule has 0 bridgehead atoms. The van der Waals surface area contributed by atoms with E-state index in [9.17, 15) is 0 Å². The van der Waals surface area contributed by atoms with Crippen molar-refractivity contribution in [2.75, 3.05) is 46.8 Å². The molecular weight excluding hydrogens is 266 g/mol. The molecule has 0 aliphatic carbocycles. The Kier molecular flexibility index (Phi) is 4.28. The summed E-state index contributed by atoms with van der Waals surface area (Å²) in [6, 6.07) is 0.482. The molecule has 1 aromatic rings. The van der Waals surface area contributed by atoms with Gasteiger partial charge in [-0.25, -0.2) is 0 Å². The smallest absolute Gasteiger partial charge is 0.232 e. The summed E-state index contributed by atoms with van der Waals surface area (Å²) in [4.78, 5) is 9.49. The van der Waals surface area contributed by atoms with Gasteiger partial charge in [0, 0.05) is 37.5 Å². The Morgan fingerprint density at radius 3 is 2.81 bits per heavy atom. The second-order valence-corrected chi connectivity index (χ2v) is 6.93. The van der Waals surface area contributed by atoms with Crippen LogP contribution in [0, 0.1) is 0 Å². The summed E-state index contributed by atoms with van der Waals surface area (Å²) in [6.45, 7) is 7.62. The molecule has 2 aliphatic heterocycles. The van der Waals surface area contributed by atoms with Crippen LogP contribution in [-0.2, 0) is 11.8 Å². The summed E-state index contributed by atoms with van der Waals surface area (Å²) in [5, 5.41) is 7.63. The van der Waals surface area contributed by atoms with Crippen molar-refractivity contribution >= 4 is 0 Å². The molecule has 1 unspecified atom stereocenters. The maximum Gasteiger partial charge on any atom is 0.232 e. The Morgan fingerprint density at radius 1 is 1.29 bits per heavy atom. The molecule has 0 saturated carbocycles. The Bertz CT molecular complexity index is 468. The minimum absolute atomic E-state index is 0.0474. The van der Waals surface area contributed by atoms with Crippen LogP contribution >= 0.6 is 0 Å². The van der Waals surface area contributed by atoms with Crippen molar-refractivity contribution in [2.45, 2.75) is 37.6 Å². The Labute approximate surface area is 126 Å². The van der Waals surface area contributed by atoms with Crippen LogP contribution in [0.3, 0.4) is 0 Å². The van der Waals surface area contributed by atoms with Crippen molar-refractivity contribution in [3.8, 4) is 0 Å². The van der Waals surface area contributed by atoms with Crippen LogP contribution in [0.1, 0.15) is 31.5 Å². The van der Waals surface area contributed by atoms with E-state index in [4.69, 9.17) is 9.51 Å². The molecule has 0 radical (unpaired) electrons. The fourth-order valence-corrected chi connectivity index (χ4v) is 3.31. The molecule has 0 aromatic carbocycles. The van der Waals surface area contributed by atoms with E-state index in [1.165, 1.54) is 0 Å². The van der Waals surface area contributed by atoms with Gasteiger partial charge >= 0.3 is 0 Å². The van der Waals surface area contributed by atoms with Crippen molar-refractivity contribution in [2.24, 2.45) is 0 Å². The topological polar surface area (TPSA) is 57.4 Å². The first-order valence-corrected chi connectivity index (χ1v) is 7.99. The van der Waals surface area contributed by atoms with Crippen molar-refractivity contribution in [3.63, 3.8) is 0 Å². The lowest BCUT2D eigenvalue weighted by Gasteiger charge is -2.37. The predicted octanol–water partition coefficient (Wildman–Crippen LogP) is 0.499. The van der Waals surface area contributed by atoms with Gasteiger partial charge in [0.25, 0.3) is 0 Å². The van der Waals surface area contributed by atoms with Crippen molar-refractivity contribution < 1.29 is 4.52 Å². The average Bonchev–Trinajstić information content (AvgIpc) is 2.93. The van der Waals surface area contributed by atoms with Crippen LogP contribution in [0.25, 0.3) is 0 Å². The zero-order valence-corrected chi connectivity index (χ0v) is 13.4. The maximum atomic E-state index is 5.59. The third-order valence-corrected chi connectivity index (χ3v) is 5.09. The van der Waals surface area contributed by atoms with Gasteiger partial charge in [0.1, 0.15) is 0 Å². The zero-order valence-electron chi connectivity index (χ0n) is 13.4. The molecule has 2 fully saturated rings. The van der Waals surface area contributed by atoms with E-state index in [2.05, 4.69) is 41.3 Å². The first-order chi connectivity index (χ1) is 10.1. The molecule has 1 aromatic heterocycles. The summed E-state index contributed by atoms with van der Waals surface area (Å²) < 4.78 is 5.59. The number of aromatic nitrogens is 2. The molecule has 0 amide bonds. The van der Waals surface area contributed by atoms with Crippen LogP contribution in [0.15, 0.2) is 4.52 Å². The number of nitrogens with zero attached hydrogens (tertiary/aromatic N) is 4. The third kappa shape index (κ3) is 3.27. The maximum absolute atomic E-state index is 5.59. The molecule has 118 valence electrons. The van der Waals surface area contributed by atoms with E-state index in [0.717, 1.165) is 63.7 Å². The number of likely N-dealkylation sites (N-methyl/N-ethyl adjacent to an activating group) is 2. The molecule has 1 N–H and O–H groups in total. The number of nitrogens with one attached hydrogen (secondary N) is 1. The molecule has 21 heavy (non-hydrogen) atoms. The van der Waals surface area contributed by atoms with E-state index >= 15 is 0 Å². The normalized spacial score (nSPS) is 27.9. The summed E-state index contributed by atoms with van der Waals surface area (Å²) in [7, 11) is 4.37. The molecule has 2 saturated heterocycles. The lowest BCUT2D eigenvalue weighted by Crippen LogP contribution is -2.50. The summed E-state index contributed by atoms with van der Waals surface area (Å²) in [5.74, 6) is 1.68. The third-order valence-electron chi connectivity index (χ3n) is 5.09. The Balaban J connectivity index is 1.67. The second kappa shape index (κ2) is 6.02. The average molecular weight is 293 g/mol. The fourth-order valence-electron chi connectivity index (χ4n) is 3.31. The summed E-state index contributed by atoms with van der Waals surface area (Å²) in [6.07, 6.45) is 3.01. The quantitative estimate of drug-likeness (QED) is 0.876. The van der Waals surface area contributed by atoms with Gasteiger partial charge in [0.15, 0.2) is 5.82 Å². The van der Waals surface area contributed by atoms with Crippen molar-refractivity contribution in [3.05, 3.63) is 11.7 Å². The highest BCUT2D eigenvalue weighted by Crippen LogP contribution is 2.31. The van der Waals surface area contributed by atoms with Crippen LogP contribution in [0.2, 0.25) is 0 Å². The molecular formula is C15H27N5O. The van der Waals surface area contributed by atoms with E-state index in [1.807, 2.05) is 0 Å². The molecule has 1 atom stereocenters. The summed E-state index contributed by atoms with van der Waals surface area (Å²) in [5.41, 5.74) is 0.0474. The number of piperazine rings is 1. The molecule has 0 spiro atoms. The van der Waals surface area contributed by atoms with Gasteiger partial charge in [-0.1, -0.05) is 12.1 Å². The predicted molar refractivity (Wildman–Crippen MR) is 81.4 cm³/mol. The highest BCUT2D eigenvalue weighted by atomic mass is 16.5. The van der Waals surface area contributed by atoms with Crippen LogP contribution < -0.4 is 5.32 Å². The van der Waals surface area contributed by atoms with Gasteiger partial charge in [0.05, 0.1) is 0 Å². The number of hydrogen-bond acceptors (Lipinski definition) is 6. The van der Waals surface area contributed by atoms with E-state index in [1.54, 1.807) is 0 Å². The summed E-state index contributed by atoms with van der Waals surface area (Å²) >= 11 is 0. The van der Waals surface area contributed by atoms with Crippen LogP contribution in [-0.4, -0.2) is 72.8 Å². The lowest BCUT2D eigenvalue weighted by atomic mass is 9.81. The first kappa shape index (κ1) is 14.9. The number of piperidine rings is 1. The number of hydrogen-bond donors (Lipinski definition) is 1. The largest absolute Gasteiger partial charge is 0.339 e. The van der Waals surface area contributed by atoms with Crippen LogP contribution in [0.4, 0.5) is 0 Å². The minimum Gasteiger partial charge on any atom is -0.339 e. The SMILES string of the molecule is CN1CCN(C)C(Cc2noc(C3(C)CCNCC3)n2)C1. The Morgan fingerprint density at radius 2 is 2.05 bits per heavy atom. The van der Waals surface area contributed by atoms with Gasteiger partial charge in [-0.15, -0.1) is 0 Å². The highest BCUT2D eigenvalue weighted by molar-refractivity contribution is 5.06. The molecule has 2 aliphatic rings. The number of rotatable bonds is 3. The van der Waals surface area contributed by atoms with Crippen molar-refractivity contribution in [1.29, 1.82) is 0 Å². The standard InChI is InChI=1S/C15H27N5O/c1-15(4-6-16-7-5-15)14-17-13(18-21-14)10-12-11-19(2)8-9-20(12)3/h12,16H,4-11H2,1-3H3. The van der Waals surface area contributed by atoms with Crippen molar-refractivity contribution in [1.82, 2.24) is 25.3 Å². The van der Waals surface area contributed by atoms with Gasteiger partial charge in [-0.2, -0.15) is 4.98 Å². The van der Waals surface area contributed by atoms with Gasteiger partial charge in [-0.05, 0) is 40.0 Å². The molecule has 6 nitrogen and oxygen atoms in total. The monoisotopic (exact) mass is 293 g/mol. The molecule has 3 heterocycles. The molecule has 6 heteroatoms. The Hall–Kier alpha value is -0.980. The molecule has 3 rings (SSSR count). The van der Waals surface area contributed by atoms with Gasteiger partial charge in [0.2, 0.25) is 5.89 Å². The second-order valence-electron chi connectivity index (χ2n) is 6.93. The highest BCUT2D eigenvalue weighted by Gasteiger charge is 2.35. The minimum atomic E-state index is 0.0474. The van der Waals surface area contributed by atoms with Gasteiger partial charge < -0.3 is 19.6 Å². The lowest BCUT2D eigenvalue weighted by molar-refractivity contribution is 0.113. The van der Waals surface area contributed by atoms with Crippen LogP contribution in [0.5, 0.6) is 0 Å². The first-order valence-electron chi connectivity index (χ1n) is 7.99. The van der Waals surface area contributed by atoms with E-state index < -0.39 is 0 Å². The fraction of sp³-hybridized carbons (Fsp3) is 0.867. The van der Waals surface area contributed by atoms with Gasteiger partial charge in [-0.3, -0.25) is 0 Å². The van der Waals surface area contributed by atoms with E-state index in [-0.39, 0.29) is 5.41 Å². The zero-order chi connectivity index (χ0) is 14.9. The van der Waals surface area contributed by atoms with E-state index in [0.29, 0.717) is 6.04 Å².